The summed E-state index contributed by atoms with van der Waals surface area (Å²) in [6.45, 7) is 0. The fraction of sp³-hybridized carbons (Fsp3) is 0.364. The second-order valence-corrected chi connectivity index (χ2v) is 6.84. The maximum Gasteiger partial charge on any atom is 0.419 e. The summed E-state index contributed by atoms with van der Waals surface area (Å²) in [5.74, 6) is -0.498. The van der Waals surface area contributed by atoms with Crippen LogP contribution in [0.1, 0.15) is 5.56 Å². The van der Waals surface area contributed by atoms with E-state index in [2.05, 4.69) is 4.98 Å². The van der Waals surface area contributed by atoms with E-state index in [1.165, 1.54) is 26.2 Å². The van der Waals surface area contributed by atoms with Gasteiger partial charge in [0.25, 0.3) is 0 Å². The number of quaternary nitrogens is 1. The van der Waals surface area contributed by atoms with E-state index >= 15 is 0 Å². The Labute approximate surface area is 116 Å². The molecule has 8 nitrogen and oxygen atoms in total. The predicted octanol–water partition coefficient (Wildman–Crippen LogP) is -0.841. The molecule has 0 aliphatic carbocycles. The van der Waals surface area contributed by atoms with Crippen molar-refractivity contribution in [3.63, 3.8) is 0 Å². The molecule has 0 spiro atoms. The van der Waals surface area contributed by atoms with Crippen LogP contribution < -0.4 is 16.0 Å². The number of aromatic nitrogens is 1. The molecule has 1 rings (SSSR count). The predicted molar refractivity (Wildman–Crippen MR) is 73.5 cm³/mol. The molecule has 0 radical (unpaired) electrons. The van der Waals surface area contributed by atoms with Crippen LogP contribution in [0.2, 0.25) is 0 Å². The zero-order chi connectivity index (χ0) is 15.7. The lowest BCUT2D eigenvalue weighted by Gasteiger charge is -2.23. The van der Waals surface area contributed by atoms with Crippen molar-refractivity contribution in [3.05, 3.63) is 17.7 Å². The lowest BCUT2D eigenvalue weighted by atomic mass is 10.2. The largest absolute Gasteiger partial charge is 0.419 e. The van der Waals surface area contributed by atoms with Crippen molar-refractivity contribution < 1.29 is 18.0 Å². The Morgan fingerprint density at radius 1 is 1.25 bits per heavy atom. The third-order valence-electron chi connectivity index (χ3n) is 2.73. The van der Waals surface area contributed by atoms with Crippen molar-refractivity contribution in [2.75, 3.05) is 20.4 Å². The number of carbonyl (C=O) groups is 2. The summed E-state index contributed by atoms with van der Waals surface area (Å²) in [5.41, 5.74) is 10.7. The van der Waals surface area contributed by atoms with Gasteiger partial charge in [0, 0.05) is 12.3 Å². The smallest absolute Gasteiger partial charge is 0.369 e. The van der Waals surface area contributed by atoms with Gasteiger partial charge in [0.05, 0.1) is 20.5 Å². The molecule has 0 unspecified atom stereocenters. The van der Waals surface area contributed by atoms with Gasteiger partial charge in [0.15, 0.2) is 14.9 Å². The summed E-state index contributed by atoms with van der Waals surface area (Å²) in [4.78, 5) is 26.3. The van der Waals surface area contributed by atoms with Gasteiger partial charge in [-0.1, -0.05) is 0 Å². The lowest BCUT2D eigenvalue weighted by Crippen LogP contribution is -2.50. The van der Waals surface area contributed by atoms with E-state index in [4.69, 9.17) is 11.5 Å². The average molecular weight is 301 g/mol. The molecule has 110 valence electrons. The number of hydrogen-bond acceptors (Lipinski definition) is 5. The van der Waals surface area contributed by atoms with Gasteiger partial charge < -0.3 is 11.5 Å². The van der Waals surface area contributed by atoms with Crippen LogP contribution in [0.15, 0.2) is 17.2 Å². The number of urea groups is 1. The minimum absolute atomic E-state index is 0.122. The topological polar surface area (TPSA) is 133 Å². The second-order valence-electron chi connectivity index (χ2n) is 4.88. The lowest BCUT2D eigenvalue weighted by molar-refractivity contribution is -0.117. The molecule has 1 aromatic rings. The van der Waals surface area contributed by atoms with Crippen molar-refractivity contribution in [2.45, 2.75) is 11.4 Å². The summed E-state index contributed by atoms with van der Waals surface area (Å²) >= 11 is 0. The molecule has 0 saturated carbocycles. The summed E-state index contributed by atoms with van der Waals surface area (Å²) in [6, 6.07) is 1.97. The van der Waals surface area contributed by atoms with E-state index in [9.17, 15) is 18.0 Å². The third-order valence-corrected chi connectivity index (χ3v) is 3.70. The number of carbonyl (C=O) groups excluding carboxylic acids is 2. The summed E-state index contributed by atoms with van der Waals surface area (Å²) in [6.07, 6.45) is 0.828. The van der Waals surface area contributed by atoms with E-state index in [0.717, 1.165) is 6.26 Å². The van der Waals surface area contributed by atoms with Gasteiger partial charge in [-0.2, -0.15) is 9.47 Å². The quantitative estimate of drug-likeness (QED) is 0.699. The molecule has 0 saturated heterocycles. The van der Waals surface area contributed by atoms with Crippen LogP contribution in [0.3, 0.4) is 0 Å². The van der Waals surface area contributed by atoms with Crippen LogP contribution in [-0.4, -0.2) is 45.7 Å². The minimum Gasteiger partial charge on any atom is -0.369 e. The van der Waals surface area contributed by atoms with Crippen LogP contribution in [0.4, 0.5) is 10.6 Å². The van der Waals surface area contributed by atoms with Crippen molar-refractivity contribution in [3.8, 4) is 0 Å². The van der Waals surface area contributed by atoms with Gasteiger partial charge in [-0.15, -0.1) is 0 Å². The minimum atomic E-state index is -3.59. The average Bonchev–Trinajstić information content (AvgIpc) is 2.26. The van der Waals surface area contributed by atoms with Crippen molar-refractivity contribution in [1.82, 2.24) is 9.47 Å². The summed E-state index contributed by atoms with van der Waals surface area (Å²) in [5, 5.41) is -0.237. The normalized spacial score (nSPS) is 12.2. The number of nitrogens with two attached hydrogens (primary N) is 2. The van der Waals surface area contributed by atoms with Gasteiger partial charge in [-0.25, -0.2) is 13.2 Å². The first kappa shape index (κ1) is 16.1. The molecule has 0 fully saturated rings. The molecule has 1 heterocycles. The molecule has 3 amide bonds. The zero-order valence-corrected chi connectivity index (χ0v) is 12.3. The van der Waals surface area contributed by atoms with Crippen molar-refractivity contribution in [1.29, 1.82) is 0 Å². The SMILES string of the molecule is C[N+](C)(C(N)=O)c1cc(CC(N)=O)cc(S(C)(=O)=O)n1. The van der Waals surface area contributed by atoms with E-state index in [1.807, 2.05) is 0 Å². The van der Waals surface area contributed by atoms with Gasteiger partial charge in [0.2, 0.25) is 11.7 Å². The first-order valence-corrected chi connectivity index (χ1v) is 7.47. The van der Waals surface area contributed by atoms with E-state index in [0.29, 0.717) is 5.56 Å². The van der Waals surface area contributed by atoms with E-state index < -0.39 is 26.3 Å². The summed E-state index contributed by atoms with van der Waals surface area (Å²) in [7, 11) is -0.669. The number of rotatable bonds is 4. The second kappa shape index (κ2) is 5.17. The van der Waals surface area contributed by atoms with Crippen molar-refractivity contribution >= 4 is 27.6 Å². The Morgan fingerprint density at radius 2 is 1.80 bits per heavy atom. The third kappa shape index (κ3) is 3.52. The number of pyridine rings is 1. The van der Waals surface area contributed by atoms with Crippen LogP contribution in [0.5, 0.6) is 0 Å². The van der Waals surface area contributed by atoms with Gasteiger partial charge in [-0.05, 0) is 11.6 Å². The molecule has 0 bridgehead atoms. The van der Waals surface area contributed by atoms with Gasteiger partial charge in [0.1, 0.15) is 0 Å². The van der Waals surface area contributed by atoms with Crippen LogP contribution in [0.25, 0.3) is 0 Å². The fourth-order valence-corrected chi connectivity index (χ4v) is 2.06. The molecule has 4 N–H and O–H groups in total. The number of nitrogens with zero attached hydrogens (tertiary/aromatic N) is 2. The van der Waals surface area contributed by atoms with E-state index in [1.54, 1.807) is 0 Å². The van der Waals surface area contributed by atoms with E-state index in [-0.39, 0.29) is 17.3 Å². The number of hydrogen-bond donors (Lipinski definition) is 2. The van der Waals surface area contributed by atoms with Gasteiger partial charge >= 0.3 is 6.03 Å². The fourth-order valence-electron chi connectivity index (χ4n) is 1.44. The van der Waals surface area contributed by atoms with Crippen molar-refractivity contribution in [2.24, 2.45) is 11.5 Å². The first-order valence-electron chi connectivity index (χ1n) is 5.58. The Balaban J connectivity index is 3.53. The molecular formula is C11H17N4O4S+. The highest BCUT2D eigenvalue weighted by Gasteiger charge is 2.30. The van der Waals surface area contributed by atoms with Crippen LogP contribution in [0, 0.1) is 0 Å². The molecule has 0 aliphatic rings. The maximum atomic E-state index is 11.6. The highest BCUT2D eigenvalue weighted by atomic mass is 32.2. The highest BCUT2D eigenvalue weighted by Crippen LogP contribution is 2.21. The standard InChI is InChI=1S/C11H16N4O4S/c1-15(2,11(13)17)9-5-7(4-8(12)16)6-10(14-9)20(3,18)19/h5-6H,4H2,1-3H3,(H3-,12,13,16,17)/p+1. The molecular weight excluding hydrogens is 284 g/mol. The highest BCUT2D eigenvalue weighted by molar-refractivity contribution is 7.90. The monoisotopic (exact) mass is 301 g/mol. The molecule has 0 aromatic carbocycles. The Hall–Kier alpha value is -2.00. The first-order chi connectivity index (χ1) is 8.94. The number of amides is 3. The molecule has 0 atom stereocenters. The molecule has 20 heavy (non-hydrogen) atoms. The molecule has 1 aromatic heterocycles. The molecule has 0 aliphatic heterocycles. The number of primary amides is 2. The Bertz CT molecular complexity index is 667. The molecule has 9 heteroatoms. The Morgan fingerprint density at radius 3 is 2.20 bits per heavy atom. The van der Waals surface area contributed by atoms with Crippen LogP contribution >= 0.6 is 0 Å². The number of sulfone groups is 1. The zero-order valence-electron chi connectivity index (χ0n) is 11.5. The van der Waals surface area contributed by atoms with Crippen LogP contribution in [-0.2, 0) is 21.1 Å². The maximum absolute atomic E-state index is 11.6. The van der Waals surface area contributed by atoms with Gasteiger partial charge in [-0.3, -0.25) is 4.79 Å². The Kier molecular flexibility index (Phi) is 4.15. The summed E-state index contributed by atoms with van der Waals surface area (Å²) < 4.78 is 22.8.